The molecular formula is C20H25N3O2. The van der Waals surface area contributed by atoms with E-state index < -0.39 is 0 Å². The van der Waals surface area contributed by atoms with E-state index in [1.807, 2.05) is 30.3 Å². The van der Waals surface area contributed by atoms with Gasteiger partial charge in [-0.3, -0.25) is 4.79 Å². The molecule has 132 valence electrons. The minimum absolute atomic E-state index is 0.246. The molecule has 0 bridgehead atoms. The van der Waals surface area contributed by atoms with E-state index in [2.05, 4.69) is 15.0 Å². The van der Waals surface area contributed by atoms with E-state index in [1.165, 1.54) is 32.1 Å². The number of nitrogens with zero attached hydrogens (tertiary/aromatic N) is 3. The fraction of sp³-hybridized carbons (Fsp3) is 0.550. The van der Waals surface area contributed by atoms with Crippen LogP contribution in [0.15, 0.2) is 34.9 Å². The highest BCUT2D eigenvalue weighted by Crippen LogP contribution is 2.35. The van der Waals surface area contributed by atoms with Gasteiger partial charge in [0.25, 0.3) is 0 Å². The van der Waals surface area contributed by atoms with Gasteiger partial charge < -0.3 is 9.42 Å². The Labute approximate surface area is 148 Å². The monoisotopic (exact) mass is 339 g/mol. The van der Waals surface area contributed by atoms with E-state index in [4.69, 9.17) is 4.52 Å². The van der Waals surface area contributed by atoms with E-state index in [0.29, 0.717) is 30.6 Å². The third-order valence-corrected chi connectivity index (χ3v) is 5.62. The number of piperidine rings is 1. The van der Waals surface area contributed by atoms with Gasteiger partial charge in [0, 0.05) is 31.0 Å². The summed E-state index contributed by atoms with van der Waals surface area (Å²) in [6.45, 7) is 0.916. The summed E-state index contributed by atoms with van der Waals surface area (Å²) in [6, 6.07) is 10.2. The first-order valence-corrected chi connectivity index (χ1v) is 9.49. The summed E-state index contributed by atoms with van der Waals surface area (Å²) in [6.07, 6.45) is 8.46. The van der Waals surface area contributed by atoms with Crippen LogP contribution >= 0.6 is 0 Å². The van der Waals surface area contributed by atoms with Gasteiger partial charge >= 0.3 is 0 Å². The molecule has 0 unspecified atom stereocenters. The zero-order valence-electron chi connectivity index (χ0n) is 14.6. The lowest BCUT2D eigenvalue weighted by atomic mass is 9.78. The minimum atomic E-state index is 0.246. The van der Waals surface area contributed by atoms with Gasteiger partial charge in [0.15, 0.2) is 0 Å². The predicted molar refractivity (Wildman–Crippen MR) is 94.7 cm³/mol. The molecular weight excluding hydrogens is 314 g/mol. The maximum atomic E-state index is 12.7. The van der Waals surface area contributed by atoms with Crippen LogP contribution in [0.5, 0.6) is 0 Å². The fourth-order valence-corrected chi connectivity index (χ4v) is 4.35. The van der Waals surface area contributed by atoms with Crippen molar-refractivity contribution in [1.29, 1.82) is 0 Å². The van der Waals surface area contributed by atoms with Crippen LogP contribution in [0.4, 0.5) is 0 Å². The summed E-state index contributed by atoms with van der Waals surface area (Å²) in [5.41, 5.74) is 0.935. The largest absolute Gasteiger partial charge is 0.339 e. The number of rotatable bonds is 4. The van der Waals surface area contributed by atoms with Crippen molar-refractivity contribution in [3.63, 3.8) is 0 Å². The smallest absolute Gasteiger partial charge is 0.227 e. The van der Waals surface area contributed by atoms with E-state index >= 15 is 0 Å². The number of hydrogen-bond donors (Lipinski definition) is 0. The van der Waals surface area contributed by atoms with Crippen LogP contribution in [0, 0.1) is 5.92 Å². The topological polar surface area (TPSA) is 59.2 Å². The molecule has 2 heterocycles. The Bertz CT molecular complexity index is 711. The third-order valence-electron chi connectivity index (χ3n) is 5.62. The molecule has 0 spiro atoms. The van der Waals surface area contributed by atoms with Gasteiger partial charge in [0.1, 0.15) is 0 Å². The quantitative estimate of drug-likeness (QED) is 0.849. The first kappa shape index (κ1) is 16.3. The van der Waals surface area contributed by atoms with Crippen molar-refractivity contribution in [2.45, 2.75) is 57.4 Å². The summed E-state index contributed by atoms with van der Waals surface area (Å²) in [4.78, 5) is 19.3. The van der Waals surface area contributed by atoms with Crippen molar-refractivity contribution in [2.75, 3.05) is 6.54 Å². The first-order valence-electron chi connectivity index (χ1n) is 9.49. The number of aromatic nitrogens is 2. The van der Waals surface area contributed by atoms with Crippen molar-refractivity contribution in [3.8, 4) is 11.4 Å². The number of carbonyl (C=O) groups is 1. The van der Waals surface area contributed by atoms with Crippen LogP contribution in [-0.2, 0) is 11.2 Å². The van der Waals surface area contributed by atoms with Crippen LogP contribution in [0.1, 0.15) is 50.8 Å². The Hall–Kier alpha value is -2.17. The maximum Gasteiger partial charge on any atom is 0.227 e. The molecule has 4 rings (SSSR count). The van der Waals surface area contributed by atoms with Crippen molar-refractivity contribution in [2.24, 2.45) is 5.92 Å². The highest BCUT2D eigenvalue weighted by atomic mass is 16.5. The molecule has 0 N–H and O–H groups in total. The van der Waals surface area contributed by atoms with Crippen molar-refractivity contribution >= 4 is 5.91 Å². The van der Waals surface area contributed by atoms with Gasteiger partial charge in [0.2, 0.25) is 17.6 Å². The predicted octanol–water partition coefficient (Wildman–Crippen LogP) is 3.85. The summed E-state index contributed by atoms with van der Waals surface area (Å²) >= 11 is 0. The molecule has 0 radical (unpaired) electrons. The van der Waals surface area contributed by atoms with Crippen LogP contribution in [-0.4, -0.2) is 33.5 Å². The van der Waals surface area contributed by atoms with E-state index in [1.54, 1.807) is 0 Å². The second-order valence-corrected chi connectivity index (χ2v) is 7.22. The van der Waals surface area contributed by atoms with Gasteiger partial charge in [-0.1, -0.05) is 48.3 Å². The van der Waals surface area contributed by atoms with E-state index in [-0.39, 0.29) is 5.91 Å². The van der Waals surface area contributed by atoms with Crippen LogP contribution in [0.3, 0.4) is 0 Å². The maximum absolute atomic E-state index is 12.7. The molecule has 1 aromatic carbocycles. The van der Waals surface area contributed by atoms with Gasteiger partial charge in [-0.25, -0.2) is 0 Å². The van der Waals surface area contributed by atoms with Gasteiger partial charge in [0.05, 0.1) is 0 Å². The number of carbonyl (C=O) groups excluding carboxylic acids is 1. The minimum Gasteiger partial charge on any atom is -0.339 e. The molecule has 1 amide bonds. The van der Waals surface area contributed by atoms with Gasteiger partial charge in [-0.2, -0.15) is 4.98 Å². The SMILES string of the molecule is O=C(CCc1nc(-c2ccccc2)no1)N1CCC[C@H]2CCCC[C@H]21. The molecule has 1 aromatic heterocycles. The molecule has 2 aromatic rings. The molecule has 5 nitrogen and oxygen atoms in total. The Morgan fingerprint density at radius 1 is 1.12 bits per heavy atom. The number of benzene rings is 1. The van der Waals surface area contributed by atoms with E-state index in [0.717, 1.165) is 24.4 Å². The Morgan fingerprint density at radius 3 is 2.80 bits per heavy atom. The third kappa shape index (κ3) is 3.60. The van der Waals surface area contributed by atoms with Gasteiger partial charge in [-0.05, 0) is 31.6 Å². The average molecular weight is 339 g/mol. The molecule has 2 fully saturated rings. The highest BCUT2D eigenvalue weighted by Gasteiger charge is 2.35. The number of hydrogen-bond acceptors (Lipinski definition) is 4. The van der Waals surface area contributed by atoms with Crippen LogP contribution < -0.4 is 0 Å². The second-order valence-electron chi connectivity index (χ2n) is 7.22. The molecule has 25 heavy (non-hydrogen) atoms. The first-order chi connectivity index (χ1) is 12.3. The molecule has 1 saturated heterocycles. The van der Waals surface area contributed by atoms with Gasteiger partial charge in [-0.15, -0.1) is 0 Å². The zero-order valence-corrected chi connectivity index (χ0v) is 14.6. The van der Waals surface area contributed by atoms with Crippen molar-refractivity contribution in [3.05, 3.63) is 36.2 Å². The Balaban J connectivity index is 1.36. The fourth-order valence-electron chi connectivity index (χ4n) is 4.35. The summed E-state index contributed by atoms with van der Waals surface area (Å²) in [5, 5.41) is 4.03. The molecule has 2 atom stereocenters. The lowest BCUT2D eigenvalue weighted by Gasteiger charge is -2.44. The second kappa shape index (κ2) is 7.38. The van der Waals surface area contributed by atoms with Crippen LogP contribution in [0.25, 0.3) is 11.4 Å². The molecule has 1 aliphatic heterocycles. The summed E-state index contributed by atoms with van der Waals surface area (Å²) in [5.74, 6) is 2.10. The summed E-state index contributed by atoms with van der Waals surface area (Å²) < 4.78 is 5.33. The van der Waals surface area contributed by atoms with Crippen LogP contribution in [0.2, 0.25) is 0 Å². The van der Waals surface area contributed by atoms with Crippen molar-refractivity contribution in [1.82, 2.24) is 15.0 Å². The number of fused-ring (bicyclic) bond motifs is 1. The Kier molecular flexibility index (Phi) is 4.81. The zero-order chi connectivity index (χ0) is 17.1. The Morgan fingerprint density at radius 2 is 1.92 bits per heavy atom. The normalized spacial score (nSPS) is 23.3. The van der Waals surface area contributed by atoms with E-state index in [9.17, 15) is 4.79 Å². The highest BCUT2D eigenvalue weighted by molar-refractivity contribution is 5.76. The number of aryl methyl sites for hydroxylation is 1. The lowest BCUT2D eigenvalue weighted by molar-refractivity contribution is -0.137. The molecule has 1 aliphatic carbocycles. The molecule has 1 saturated carbocycles. The average Bonchev–Trinajstić information content (AvgIpc) is 3.15. The molecule has 2 aliphatic rings. The summed E-state index contributed by atoms with van der Waals surface area (Å²) in [7, 11) is 0. The number of likely N-dealkylation sites (tertiary alicyclic amines) is 1. The molecule has 5 heteroatoms. The number of amides is 1. The lowest BCUT2D eigenvalue weighted by Crippen LogP contribution is -2.49. The van der Waals surface area contributed by atoms with Crippen molar-refractivity contribution < 1.29 is 9.32 Å². The standard InChI is InChI=1S/C20H25N3O2/c24-19(23-14-6-10-15-7-4-5-11-17(15)23)13-12-18-21-20(22-25-18)16-8-2-1-3-9-16/h1-3,8-9,15,17H,4-7,10-14H2/t15-,17-/m1/s1.